The molecule has 1 aliphatic heterocycles. The van der Waals surface area contributed by atoms with Gasteiger partial charge >= 0.3 is 6.09 Å². The minimum atomic E-state index is -0.339. The van der Waals surface area contributed by atoms with Gasteiger partial charge in [0.25, 0.3) is 0 Å². The predicted molar refractivity (Wildman–Crippen MR) is 142 cm³/mol. The minimum absolute atomic E-state index is 0.0122. The number of carbonyl (C=O) groups excluding carboxylic acids is 1. The number of phenols is 1. The van der Waals surface area contributed by atoms with Crippen molar-refractivity contribution < 1.29 is 19.4 Å². The van der Waals surface area contributed by atoms with Crippen LogP contribution in [-0.4, -0.2) is 35.9 Å². The molecule has 0 radical (unpaired) electrons. The van der Waals surface area contributed by atoms with Crippen LogP contribution in [0.15, 0.2) is 97.1 Å². The molecule has 2 aliphatic rings. The summed E-state index contributed by atoms with van der Waals surface area (Å²) in [6.07, 6.45) is 0.317. The molecule has 0 fully saturated rings. The van der Waals surface area contributed by atoms with E-state index < -0.39 is 0 Å². The zero-order valence-corrected chi connectivity index (χ0v) is 20.5. The summed E-state index contributed by atoms with van der Waals surface area (Å²) in [7, 11) is 0. The number of benzene rings is 4. The van der Waals surface area contributed by atoms with Gasteiger partial charge in [0.2, 0.25) is 0 Å². The highest BCUT2D eigenvalue weighted by atomic mass is 16.6. The van der Waals surface area contributed by atoms with Crippen molar-refractivity contribution in [2.75, 3.05) is 19.8 Å². The van der Waals surface area contributed by atoms with Crippen LogP contribution >= 0.6 is 0 Å². The summed E-state index contributed by atoms with van der Waals surface area (Å²) in [6.45, 7) is 1.59. The second-order valence-electron chi connectivity index (χ2n) is 9.65. The van der Waals surface area contributed by atoms with E-state index in [2.05, 4.69) is 24.3 Å². The maximum Gasteiger partial charge on any atom is 0.410 e. The molecule has 1 aliphatic carbocycles. The van der Waals surface area contributed by atoms with Crippen molar-refractivity contribution in [3.05, 3.63) is 125 Å². The Morgan fingerprint density at radius 3 is 2.22 bits per heavy atom. The number of nitrogens with zero attached hydrogens (tertiary/aromatic N) is 1. The second-order valence-corrected chi connectivity index (χ2v) is 9.65. The Morgan fingerprint density at radius 2 is 1.49 bits per heavy atom. The lowest BCUT2D eigenvalue weighted by molar-refractivity contribution is 0.0319. The maximum atomic E-state index is 13.5. The fourth-order valence-corrected chi connectivity index (χ4v) is 5.64. The van der Waals surface area contributed by atoms with Crippen LogP contribution in [-0.2, 0) is 22.5 Å². The van der Waals surface area contributed by atoms with E-state index >= 15 is 0 Å². The van der Waals surface area contributed by atoms with Crippen LogP contribution in [0, 0.1) is 0 Å². The number of phenolic OH excluding ortho intramolecular Hbond substituents is 1. The molecular formula is C32H29NO4. The van der Waals surface area contributed by atoms with Crippen LogP contribution in [0.25, 0.3) is 11.1 Å². The normalized spacial score (nSPS) is 16.1. The zero-order valence-electron chi connectivity index (χ0n) is 20.5. The molecule has 1 atom stereocenters. The molecule has 1 heterocycles. The minimum Gasteiger partial charge on any atom is -0.508 e. The Hall–Kier alpha value is -4.09. The van der Waals surface area contributed by atoms with Crippen molar-refractivity contribution in [2.45, 2.75) is 25.0 Å². The van der Waals surface area contributed by atoms with E-state index in [1.807, 2.05) is 60.7 Å². The Kier molecular flexibility index (Phi) is 6.37. The van der Waals surface area contributed by atoms with E-state index in [-0.39, 0.29) is 30.4 Å². The molecule has 0 bridgehead atoms. The summed E-state index contributed by atoms with van der Waals surface area (Å²) < 4.78 is 12.1. The van der Waals surface area contributed by atoms with E-state index in [1.165, 1.54) is 22.3 Å². The van der Waals surface area contributed by atoms with Crippen LogP contribution < -0.4 is 0 Å². The smallest absolute Gasteiger partial charge is 0.410 e. The van der Waals surface area contributed by atoms with Gasteiger partial charge in [-0.15, -0.1) is 0 Å². The maximum absolute atomic E-state index is 13.5. The molecule has 1 amide bonds. The van der Waals surface area contributed by atoms with Crippen LogP contribution in [0.4, 0.5) is 4.79 Å². The van der Waals surface area contributed by atoms with Gasteiger partial charge in [0.05, 0.1) is 19.3 Å². The molecule has 0 saturated heterocycles. The first-order valence-corrected chi connectivity index (χ1v) is 12.7. The summed E-state index contributed by atoms with van der Waals surface area (Å²) in [5.41, 5.74) is 7.91. The fourth-order valence-electron chi connectivity index (χ4n) is 5.64. The van der Waals surface area contributed by atoms with Gasteiger partial charge in [0, 0.05) is 12.5 Å². The molecule has 0 spiro atoms. The summed E-state index contributed by atoms with van der Waals surface area (Å²) in [6, 6.07) is 31.7. The van der Waals surface area contributed by atoms with Gasteiger partial charge in [-0.1, -0.05) is 84.9 Å². The number of hydrogen-bond donors (Lipinski definition) is 1. The third-order valence-corrected chi connectivity index (χ3v) is 7.44. The molecule has 186 valence electrons. The average molecular weight is 492 g/mol. The van der Waals surface area contributed by atoms with Gasteiger partial charge in [0.15, 0.2) is 0 Å². The van der Waals surface area contributed by atoms with E-state index in [0.29, 0.717) is 26.2 Å². The first-order valence-electron chi connectivity index (χ1n) is 12.7. The lowest BCUT2D eigenvalue weighted by Crippen LogP contribution is -2.42. The Balaban J connectivity index is 1.20. The zero-order chi connectivity index (χ0) is 25.2. The van der Waals surface area contributed by atoms with Gasteiger partial charge in [-0.25, -0.2) is 4.79 Å². The number of ether oxygens (including phenoxy) is 2. The topological polar surface area (TPSA) is 59.0 Å². The Bertz CT molecular complexity index is 1370. The van der Waals surface area contributed by atoms with Gasteiger partial charge in [-0.3, -0.25) is 4.90 Å². The molecule has 5 nitrogen and oxygen atoms in total. The van der Waals surface area contributed by atoms with E-state index in [1.54, 1.807) is 17.0 Å². The molecule has 1 N–H and O–H groups in total. The first-order chi connectivity index (χ1) is 18.2. The lowest BCUT2D eigenvalue weighted by Gasteiger charge is -2.36. The summed E-state index contributed by atoms with van der Waals surface area (Å²) in [5, 5.41) is 10.0. The first kappa shape index (κ1) is 23.3. The van der Waals surface area contributed by atoms with Gasteiger partial charge in [-0.05, 0) is 57.5 Å². The number of fused-ring (bicyclic) bond motifs is 4. The van der Waals surface area contributed by atoms with Crippen molar-refractivity contribution >= 4 is 6.09 Å². The molecule has 0 saturated carbocycles. The van der Waals surface area contributed by atoms with Crippen LogP contribution in [0.5, 0.6) is 5.75 Å². The van der Waals surface area contributed by atoms with Gasteiger partial charge in [0.1, 0.15) is 12.4 Å². The van der Waals surface area contributed by atoms with Crippen LogP contribution in [0.1, 0.15) is 39.8 Å². The molecule has 5 heteroatoms. The van der Waals surface area contributed by atoms with E-state index in [4.69, 9.17) is 9.47 Å². The van der Waals surface area contributed by atoms with E-state index in [0.717, 1.165) is 16.7 Å². The molecule has 1 unspecified atom stereocenters. The van der Waals surface area contributed by atoms with Crippen LogP contribution in [0.2, 0.25) is 0 Å². The summed E-state index contributed by atoms with van der Waals surface area (Å²) in [5.74, 6) is 0.246. The van der Waals surface area contributed by atoms with Crippen molar-refractivity contribution in [1.82, 2.24) is 4.90 Å². The van der Waals surface area contributed by atoms with Crippen molar-refractivity contribution in [2.24, 2.45) is 0 Å². The second kappa shape index (κ2) is 10.1. The quantitative estimate of drug-likeness (QED) is 0.336. The van der Waals surface area contributed by atoms with Crippen molar-refractivity contribution in [3.8, 4) is 16.9 Å². The average Bonchev–Trinajstić information content (AvgIpc) is 3.26. The van der Waals surface area contributed by atoms with Crippen LogP contribution in [0.3, 0.4) is 0 Å². The third-order valence-electron chi connectivity index (χ3n) is 7.44. The highest BCUT2D eigenvalue weighted by Crippen LogP contribution is 2.44. The van der Waals surface area contributed by atoms with E-state index in [9.17, 15) is 9.90 Å². The van der Waals surface area contributed by atoms with Gasteiger partial charge in [-0.2, -0.15) is 0 Å². The molecule has 0 aromatic heterocycles. The number of aromatic hydroxyl groups is 1. The fraction of sp³-hybridized carbons (Fsp3) is 0.219. The summed E-state index contributed by atoms with van der Waals surface area (Å²) in [4.78, 5) is 15.3. The monoisotopic (exact) mass is 491 g/mol. The Morgan fingerprint density at radius 1 is 0.811 bits per heavy atom. The largest absolute Gasteiger partial charge is 0.508 e. The summed E-state index contributed by atoms with van der Waals surface area (Å²) >= 11 is 0. The molecule has 37 heavy (non-hydrogen) atoms. The van der Waals surface area contributed by atoms with Crippen molar-refractivity contribution in [3.63, 3.8) is 0 Å². The number of amides is 1. The van der Waals surface area contributed by atoms with Crippen molar-refractivity contribution in [1.29, 1.82) is 0 Å². The Labute approximate surface area is 216 Å². The number of carbonyl (C=O) groups is 1. The third kappa shape index (κ3) is 4.58. The molecule has 4 aromatic rings. The standard InChI is InChI=1S/C32H29NO4/c34-24-14-15-25-23(18-24)16-17-33(31(25)21-36-19-22-8-2-1-3-9-22)32(35)37-20-30-28-12-6-4-10-26(28)27-11-5-7-13-29(27)30/h1-15,18,30-31,34H,16-17,19-21H2. The number of hydrogen-bond acceptors (Lipinski definition) is 4. The predicted octanol–water partition coefficient (Wildman–Crippen LogP) is 6.46. The highest BCUT2D eigenvalue weighted by molar-refractivity contribution is 5.79. The highest BCUT2D eigenvalue weighted by Gasteiger charge is 2.34. The molecule has 6 rings (SSSR count). The molecular weight excluding hydrogens is 462 g/mol. The van der Waals surface area contributed by atoms with Gasteiger partial charge < -0.3 is 14.6 Å². The lowest BCUT2D eigenvalue weighted by atomic mass is 9.93. The number of rotatable bonds is 6. The SMILES string of the molecule is O=C(OCC1c2ccccc2-c2ccccc21)N1CCc2cc(O)ccc2C1COCc1ccccc1. The molecule has 4 aromatic carbocycles.